The van der Waals surface area contributed by atoms with Crippen molar-refractivity contribution < 1.29 is 0 Å². The summed E-state index contributed by atoms with van der Waals surface area (Å²) in [5.74, 6) is 0. The zero-order valence-electron chi connectivity index (χ0n) is 27.7. The SMILES string of the molecule is c1ccc(-c2ccc3c4c5ccccc5ccc4n(-c4cccc(-c5cccc6nc(-c7ccccc7)c(-c7ccccc7)nc56)c4)c3c2)cc1. The molecule has 8 aromatic carbocycles. The number of hydrogen-bond donors (Lipinski definition) is 0. The van der Waals surface area contributed by atoms with Gasteiger partial charge < -0.3 is 4.57 Å². The predicted molar refractivity (Wildman–Crippen MR) is 213 cm³/mol. The second-order valence-electron chi connectivity index (χ2n) is 13.0. The van der Waals surface area contributed by atoms with E-state index in [2.05, 4.69) is 180 Å². The first-order valence-corrected chi connectivity index (χ1v) is 17.3. The molecule has 0 saturated heterocycles. The maximum absolute atomic E-state index is 5.40. The summed E-state index contributed by atoms with van der Waals surface area (Å²) in [4.78, 5) is 10.7. The van der Waals surface area contributed by atoms with Crippen molar-refractivity contribution in [3.8, 4) is 50.5 Å². The van der Waals surface area contributed by atoms with Crippen LogP contribution in [0, 0.1) is 0 Å². The summed E-state index contributed by atoms with van der Waals surface area (Å²) in [5, 5.41) is 5.01. The molecule has 0 spiro atoms. The summed E-state index contributed by atoms with van der Waals surface area (Å²) in [5.41, 5.74) is 13.6. The van der Waals surface area contributed by atoms with Gasteiger partial charge in [0, 0.05) is 33.2 Å². The molecule has 0 aliphatic rings. The molecule has 0 aliphatic carbocycles. The van der Waals surface area contributed by atoms with Crippen molar-refractivity contribution in [3.05, 3.63) is 188 Å². The molecule has 0 saturated carbocycles. The molecule has 0 atom stereocenters. The Bertz CT molecular complexity index is 2890. The van der Waals surface area contributed by atoms with Crippen molar-refractivity contribution in [1.82, 2.24) is 14.5 Å². The van der Waals surface area contributed by atoms with Crippen LogP contribution < -0.4 is 0 Å². The highest BCUT2D eigenvalue weighted by molar-refractivity contribution is 6.21. The van der Waals surface area contributed by atoms with Crippen LogP contribution in [-0.4, -0.2) is 14.5 Å². The minimum atomic E-state index is 0.868. The first-order valence-electron chi connectivity index (χ1n) is 17.3. The minimum absolute atomic E-state index is 0.868. The maximum atomic E-state index is 5.40. The van der Waals surface area contributed by atoms with Gasteiger partial charge >= 0.3 is 0 Å². The Morgan fingerprint density at radius 2 is 1.02 bits per heavy atom. The van der Waals surface area contributed by atoms with Gasteiger partial charge in [0.1, 0.15) is 0 Å². The highest BCUT2D eigenvalue weighted by Crippen LogP contribution is 2.40. The molecule has 238 valence electrons. The normalized spacial score (nSPS) is 11.5. The molecular weight excluding hydrogens is 619 g/mol. The van der Waals surface area contributed by atoms with Crippen LogP contribution in [0.2, 0.25) is 0 Å². The van der Waals surface area contributed by atoms with Crippen molar-refractivity contribution in [1.29, 1.82) is 0 Å². The Labute approximate surface area is 295 Å². The van der Waals surface area contributed by atoms with Crippen LogP contribution in [0.4, 0.5) is 0 Å². The van der Waals surface area contributed by atoms with E-state index in [-0.39, 0.29) is 0 Å². The van der Waals surface area contributed by atoms with Crippen LogP contribution in [0.25, 0.3) is 94.1 Å². The second-order valence-corrected chi connectivity index (χ2v) is 13.0. The summed E-state index contributed by atoms with van der Waals surface area (Å²) in [7, 11) is 0. The van der Waals surface area contributed by atoms with Gasteiger partial charge in [0.15, 0.2) is 0 Å². The third kappa shape index (κ3) is 4.90. The number of fused-ring (bicyclic) bond motifs is 6. The summed E-state index contributed by atoms with van der Waals surface area (Å²) < 4.78 is 2.42. The van der Waals surface area contributed by atoms with Gasteiger partial charge in [0.05, 0.1) is 33.5 Å². The topological polar surface area (TPSA) is 30.7 Å². The van der Waals surface area contributed by atoms with E-state index in [9.17, 15) is 0 Å². The quantitative estimate of drug-likeness (QED) is 0.186. The molecule has 0 N–H and O–H groups in total. The van der Waals surface area contributed by atoms with Crippen LogP contribution in [0.15, 0.2) is 188 Å². The largest absolute Gasteiger partial charge is 0.309 e. The molecule has 51 heavy (non-hydrogen) atoms. The Balaban J connectivity index is 1.21. The molecule has 0 bridgehead atoms. The van der Waals surface area contributed by atoms with Gasteiger partial charge in [-0.1, -0.05) is 158 Å². The smallest absolute Gasteiger partial charge is 0.0973 e. The Morgan fingerprint density at radius 3 is 1.78 bits per heavy atom. The van der Waals surface area contributed by atoms with Crippen molar-refractivity contribution >= 4 is 43.6 Å². The third-order valence-electron chi connectivity index (χ3n) is 9.97. The molecule has 2 heterocycles. The van der Waals surface area contributed by atoms with Crippen LogP contribution in [-0.2, 0) is 0 Å². The first-order chi connectivity index (χ1) is 25.3. The summed E-state index contributed by atoms with van der Waals surface area (Å²) in [6.07, 6.45) is 0. The van der Waals surface area contributed by atoms with Gasteiger partial charge in [0.2, 0.25) is 0 Å². The van der Waals surface area contributed by atoms with Crippen LogP contribution in [0.3, 0.4) is 0 Å². The lowest BCUT2D eigenvalue weighted by Gasteiger charge is -2.14. The Kier molecular flexibility index (Phi) is 6.81. The van der Waals surface area contributed by atoms with E-state index in [1.807, 2.05) is 12.1 Å². The van der Waals surface area contributed by atoms with E-state index in [0.29, 0.717) is 0 Å². The number of hydrogen-bond acceptors (Lipinski definition) is 2. The number of benzene rings is 8. The minimum Gasteiger partial charge on any atom is -0.309 e. The Morgan fingerprint density at radius 1 is 0.373 bits per heavy atom. The van der Waals surface area contributed by atoms with Crippen molar-refractivity contribution in [3.63, 3.8) is 0 Å². The van der Waals surface area contributed by atoms with Crippen LogP contribution in [0.1, 0.15) is 0 Å². The van der Waals surface area contributed by atoms with E-state index in [4.69, 9.17) is 9.97 Å². The zero-order chi connectivity index (χ0) is 33.7. The zero-order valence-corrected chi connectivity index (χ0v) is 27.7. The van der Waals surface area contributed by atoms with Gasteiger partial charge in [-0.15, -0.1) is 0 Å². The van der Waals surface area contributed by atoms with Gasteiger partial charge in [-0.25, -0.2) is 9.97 Å². The lowest BCUT2D eigenvalue weighted by Crippen LogP contribution is -1.98. The third-order valence-corrected chi connectivity index (χ3v) is 9.97. The lowest BCUT2D eigenvalue weighted by atomic mass is 10.0. The monoisotopic (exact) mass is 649 g/mol. The molecule has 3 nitrogen and oxygen atoms in total. The fourth-order valence-electron chi connectivity index (χ4n) is 7.59. The lowest BCUT2D eigenvalue weighted by molar-refractivity contribution is 1.18. The molecule has 10 rings (SSSR count). The van der Waals surface area contributed by atoms with Gasteiger partial charge in [0.25, 0.3) is 0 Å². The van der Waals surface area contributed by atoms with Gasteiger partial charge in [-0.2, -0.15) is 0 Å². The molecule has 0 unspecified atom stereocenters. The van der Waals surface area contributed by atoms with E-state index in [0.717, 1.165) is 50.4 Å². The van der Waals surface area contributed by atoms with E-state index in [1.165, 1.54) is 43.7 Å². The van der Waals surface area contributed by atoms with Crippen molar-refractivity contribution in [2.45, 2.75) is 0 Å². The van der Waals surface area contributed by atoms with Crippen molar-refractivity contribution in [2.24, 2.45) is 0 Å². The van der Waals surface area contributed by atoms with Crippen LogP contribution in [0.5, 0.6) is 0 Å². The van der Waals surface area contributed by atoms with Gasteiger partial charge in [-0.3, -0.25) is 0 Å². The van der Waals surface area contributed by atoms with Crippen molar-refractivity contribution in [2.75, 3.05) is 0 Å². The number of nitrogens with zero attached hydrogens (tertiary/aromatic N) is 3. The molecule has 0 fully saturated rings. The molecule has 10 aromatic rings. The molecule has 2 aromatic heterocycles. The summed E-state index contributed by atoms with van der Waals surface area (Å²) in [6.45, 7) is 0. The highest BCUT2D eigenvalue weighted by Gasteiger charge is 2.18. The summed E-state index contributed by atoms with van der Waals surface area (Å²) >= 11 is 0. The average molecular weight is 650 g/mol. The molecule has 0 radical (unpaired) electrons. The van der Waals surface area contributed by atoms with E-state index >= 15 is 0 Å². The molecule has 0 aliphatic heterocycles. The van der Waals surface area contributed by atoms with E-state index < -0.39 is 0 Å². The number of rotatable bonds is 5. The van der Waals surface area contributed by atoms with E-state index in [1.54, 1.807) is 0 Å². The van der Waals surface area contributed by atoms with Gasteiger partial charge in [-0.05, 0) is 57.8 Å². The molecular formula is C48H31N3. The second kappa shape index (κ2) is 11.9. The fourth-order valence-corrected chi connectivity index (χ4v) is 7.59. The predicted octanol–water partition coefficient (Wildman–Crippen LogP) is 12.5. The first kappa shape index (κ1) is 29.1. The summed E-state index contributed by atoms with van der Waals surface area (Å²) in [6, 6.07) is 66.6. The maximum Gasteiger partial charge on any atom is 0.0973 e. The molecule has 0 amide bonds. The molecule has 3 heteroatoms. The van der Waals surface area contributed by atoms with Crippen LogP contribution >= 0.6 is 0 Å². The number of para-hydroxylation sites is 1. The standard InChI is InChI=1S/C48H31N3/c1-4-14-32(15-5-1)36-26-28-41-44(31-36)51(43-29-27-33-16-10-11-23-39(33)45(41)43)38-22-12-21-37(30-38)40-24-13-25-42-48(40)50-47(35-19-8-3-9-20-35)46(49-42)34-17-6-2-7-18-34/h1-31H. The number of aromatic nitrogens is 3. The fraction of sp³-hybridized carbons (Fsp3) is 0. The average Bonchev–Trinajstić information content (AvgIpc) is 3.55. The highest BCUT2D eigenvalue weighted by atomic mass is 15.0. The Hall–Kier alpha value is -6.84.